The van der Waals surface area contributed by atoms with Gasteiger partial charge in [-0.05, 0) is 43.5 Å². The van der Waals surface area contributed by atoms with Crippen molar-refractivity contribution in [3.63, 3.8) is 0 Å². The van der Waals surface area contributed by atoms with E-state index in [1.807, 2.05) is 0 Å². The zero-order chi connectivity index (χ0) is 13.5. The number of nitrogens with one attached hydrogen (secondary N) is 1. The fourth-order valence-corrected chi connectivity index (χ4v) is 3.93. The number of anilines is 2. The normalized spacial score (nSPS) is 25.2. The number of piperazine rings is 1. The SMILES string of the molecule is COc1cc2c(cc1N1CCN3CCC[C@@H]3C1)NCC2. The van der Waals surface area contributed by atoms with E-state index < -0.39 is 0 Å². The second kappa shape index (κ2) is 4.85. The van der Waals surface area contributed by atoms with E-state index >= 15 is 0 Å². The Hall–Kier alpha value is -1.42. The zero-order valence-electron chi connectivity index (χ0n) is 12.2. The van der Waals surface area contributed by atoms with Crippen LogP contribution in [0.3, 0.4) is 0 Å². The Labute approximate surface area is 120 Å². The van der Waals surface area contributed by atoms with Crippen molar-refractivity contribution in [2.75, 3.05) is 50.1 Å². The fourth-order valence-electron chi connectivity index (χ4n) is 3.93. The van der Waals surface area contributed by atoms with Crippen LogP contribution in [-0.4, -0.2) is 50.8 Å². The summed E-state index contributed by atoms with van der Waals surface area (Å²) < 4.78 is 5.65. The van der Waals surface area contributed by atoms with Gasteiger partial charge in [0.25, 0.3) is 0 Å². The van der Waals surface area contributed by atoms with E-state index in [0.717, 1.165) is 37.8 Å². The summed E-state index contributed by atoms with van der Waals surface area (Å²) >= 11 is 0. The maximum absolute atomic E-state index is 5.65. The van der Waals surface area contributed by atoms with Crippen molar-refractivity contribution in [2.45, 2.75) is 25.3 Å². The van der Waals surface area contributed by atoms with Crippen molar-refractivity contribution in [3.05, 3.63) is 17.7 Å². The summed E-state index contributed by atoms with van der Waals surface area (Å²) in [7, 11) is 1.79. The Morgan fingerprint density at radius 3 is 3.10 bits per heavy atom. The van der Waals surface area contributed by atoms with Crippen LogP contribution in [0.2, 0.25) is 0 Å². The number of fused-ring (bicyclic) bond motifs is 2. The number of benzene rings is 1. The second-order valence-corrected chi connectivity index (χ2v) is 6.14. The van der Waals surface area contributed by atoms with Crippen LogP contribution < -0.4 is 15.0 Å². The second-order valence-electron chi connectivity index (χ2n) is 6.14. The first-order chi connectivity index (χ1) is 9.85. The third kappa shape index (κ3) is 1.94. The topological polar surface area (TPSA) is 27.7 Å². The lowest BCUT2D eigenvalue weighted by molar-refractivity contribution is 0.230. The van der Waals surface area contributed by atoms with Crippen molar-refractivity contribution >= 4 is 11.4 Å². The minimum absolute atomic E-state index is 0.745. The molecule has 1 aromatic carbocycles. The first kappa shape index (κ1) is 12.3. The van der Waals surface area contributed by atoms with Gasteiger partial charge in [0.05, 0.1) is 12.8 Å². The monoisotopic (exact) mass is 273 g/mol. The predicted octanol–water partition coefficient (Wildman–Crippen LogP) is 1.95. The highest BCUT2D eigenvalue weighted by atomic mass is 16.5. The summed E-state index contributed by atoms with van der Waals surface area (Å²) in [5, 5.41) is 3.48. The first-order valence-electron chi connectivity index (χ1n) is 7.79. The van der Waals surface area contributed by atoms with Crippen molar-refractivity contribution in [3.8, 4) is 5.75 Å². The van der Waals surface area contributed by atoms with Crippen LogP contribution in [-0.2, 0) is 6.42 Å². The fraction of sp³-hybridized carbons (Fsp3) is 0.625. The van der Waals surface area contributed by atoms with E-state index in [2.05, 4.69) is 27.2 Å². The molecule has 3 heterocycles. The Bertz CT molecular complexity index is 517. The van der Waals surface area contributed by atoms with Gasteiger partial charge in [0.1, 0.15) is 5.75 Å². The van der Waals surface area contributed by atoms with Crippen molar-refractivity contribution in [1.82, 2.24) is 4.90 Å². The highest BCUT2D eigenvalue weighted by molar-refractivity contribution is 5.71. The van der Waals surface area contributed by atoms with E-state index in [1.54, 1.807) is 7.11 Å². The minimum atomic E-state index is 0.745. The average molecular weight is 273 g/mol. The molecule has 0 spiro atoms. The van der Waals surface area contributed by atoms with Crippen molar-refractivity contribution in [1.29, 1.82) is 0 Å². The minimum Gasteiger partial charge on any atom is -0.495 e. The molecule has 2 fully saturated rings. The number of methoxy groups -OCH3 is 1. The molecule has 1 aromatic rings. The molecular formula is C16H23N3O. The summed E-state index contributed by atoms with van der Waals surface area (Å²) in [6.45, 7) is 5.80. The van der Waals surface area contributed by atoms with Gasteiger partial charge in [0.2, 0.25) is 0 Å². The molecular weight excluding hydrogens is 250 g/mol. The summed E-state index contributed by atoms with van der Waals surface area (Å²) in [6.07, 6.45) is 3.83. The summed E-state index contributed by atoms with van der Waals surface area (Å²) in [5.74, 6) is 1.04. The van der Waals surface area contributed by atoms with Crippen molar-refractivity contribution in [2.24, 2.45) is 0 Å². The molecule has 3 aliphatic rings. The third-order valence-corrected chi connectivity index (χ3v) is 5.04. The van der Waals surface area contributed by atoms with E-state index in [1.165, 1.54) is 42.9 Å². The predicted molar refractivity (Wildman–Crippen MR) is 82.0 cm³/mol. The van der Waals surface area contributed by atoms with Gasteiger partial charge in [-0.1, -0.05) is 0 Å². The van der Waals surface area contributed by atoms with Gasteiger partial charge in [-0.25, -0.2) is 0 Å². The highest BCUT2D eigenvalue weighted by Gasteiger charge is 2.32. The molecule has 20 heavy (non-hydrogen) atoms. The van der Waals surface area contributed by atoms with Crippen LogP contribution in [0.5, 0.6) is 5.75 Å². The van der Waals surface area contributed by atoms with Gasteiger partial charge in [-0.3, -0.25) is 4.90 Å². The number of hydrogen-bond acceptors (Lipinski definition) is 4. The number of hydrogen-bond donors (Lipinski definition) is 1. The molecule has 1 atom stereocenters. The molecule has 4 heteroatoms. The molecule has 0 bridgehead atoms. The molecule has 108 valence electrons. The molecule has 3 aliphatic heterocycles. The largest absolute Gasteiger partial charge is 0.495 e. The van der Waals surface area contributed by atoms with Crippen molar-refractivity contribution < 1.29 is 4.74 Å². The molecule has 0 radical (unpaired) electrons. The summed E-state index contributed by atoms with van der Waals surface area (Å²) in [4.78, 5) is 5.17. The quantitative estimate of drug-likeness (QED) is 0.891. The third-order valence-electron chi connectivity index (χ3n) is 5.04. The Morgan fingerprint density at radius 1 is 1.25 bits per heavy atom. The lowest BCUT2D eigenvalue weighted by Gasteiger charge is -2.39. The molecule has 0 amide bonds. The van der Waals surface area contributed by atoms with E-state index in [9.17, 15) is 0 Å². The maximum atomic E-state index is 5.65. The lowest BCUT2D eigenvalue weighted by Crippen LogP contribution is -2.50. The molecule has 4 rings (SSSR count). The van der Waals surface area contributed by atoms with Gasteiger partial charge in [-0.15, -0.1) is 0 Å². The zero-order valence-corrected chi connectivity index (χ0v) is 12.2. The number of ether oxygens (including phenoxy) is 1. The van der Waals surface area contributed by atoms with Gasteiger partial charge in [0.15, 0.2) is 0 Å². The van der Waals surface area contributed by atoms with Gasteiger partial charge < -0.3 is 15.0 Å². The van der Waals surface area contributed by atoms with E-state index in [0.29, 0.717) is 0 Å². The Morgan fingerprint density at radius 2 is 2.20 bits per heavy atom. The molecule has 0 aromatic heterocycles. The smallest absolute Gasteiger partial charge is 0.142 e. The highest BCUT2D eigenvalue weighted by Crippen LogP contribution is 2.38. The molecule has 0 saturated carbocycles. The number of rotatable bonds is 2. The Balaban J connectivity index is 1.64. The van der Waals surface area contributed by atoms with Gasteiger partial charge in [0, 0.05) is 37.9 Å². The summed E-state index contributed by atoms with van der Waals surface area (Å²) in [6, 6.07) is 5.27. The molecule has 0 aliphatic carbocycles. The number of nitrogens with zero attached hydrogens (tertiary/aromatic N) is 2. The molecule has 2 saturated heterocycles. The van der Waals surface area contributed by atoms with Crippen LogP contribution in [0.15, 0.2) is 12.1 Å². The molecule has 0 unspecified atom stereocenters. The van der Waals surface area contributed by atoms with Crippen LogP contribution in [0, 0.1) is 0 Å². The first-order valence-corrected chi connectivity index (χ1v) is 7.79. The van der Waals surface area contributed by atoms with Gasteiger partial charge in [-0.2, -0.15) is 0 Å². The van der Waals surface area contributed by atoms with Crippen LogP contribution in [0.1, 0.15) is 18.4 Å². The Kier molecular flexibility index (Phi) is 2.99. The standard InChI is InChI=1S/C16H23N3O/c1-20-16-9-12-4-5-17-14(12)10-15(16)19-8-7-18-6-2-3-13(18)11-19/h9-10,13,17H,2-8,11H2,1H3/t13-/m1/s1. The summed E-state index contributed by atoms with van der Waals surface area (Å²) in [5.41, 5.74) is 3.96. The lowest BCUT2D eigenvalue weighted by atomic mass is 10.1. The van der Waals surface area contributed by atoms with Gasteiger partial charge >= 0.3 is 0 Å². The maximum Gasteiger partial charge on any atom is 0.142 e. The van der Waals surface area contributed by atoms with E-state index in [-0.39, 0.29) is 0 Å². The van der Waals surface area contributed by atoms with Crippen LogP contribution >= 0.6 is 0 Å². The van der Waals surface area contributed by atoms with Crippen LogP contribution in [0.4, 0.5) is 11.4 Å². The average Bonchev–Trinajstić information content (AvgIpc) is 3.13. The van der Waals surface area contributed by atoms with E-state index in [4.69, 9.17) is 4.74 Å². The molecule has 4 nitrogen and oxygen atoms in total. The molecule has 1 N–H and O–H groups in total. The van der Waals surface area contributed by atoms with Crippen LogP contribution in [0.25, 0.3) is 0 Å².